The zero-order chi connectivity index (χ0) is 14.4. The largest absolute Gasteiger partial charge is 0.493 e. The Bertz CT molecular complexity index is 435. The normalized spacial score (nSPS) is 10.4. The first-order chi connectivity index (χ1) is 9.04. The molecule has 0 aromatic heterocycles. The molecule has 1 amide bonds. The van der Waals surface area contributed by atoms with Crippen LogP contribution in [0.3, 0.4) is 0 Å². The van der Waals surface area contributed by atoms with E-state index >= 15 is 0 Å². The summed E-state index contributed by atoms with van der Waals surface area (Å²) >= 11 is 6.28. The van der Waals surface area contributed by atoms with Crippen molar-refractivity contribution < 1.29 is 14.3 Å². The molecule has 0 fully saturated rings. The molecule has 0 aliphatic rings. The Morgan fingerprint density at radius 1 is 1.32 bits per heavy atom. The highest BCUT2D eigenvalue weighted by Crippen LogP contribution is 2.41. The fourth-order valence-electron chi connectivity index (χ4n) is 1.73. The Balaban J connectivity index is 3.07. The summed E-state index contributed by atoms with van der Waals surface area (Å²) < 4.78 is 10.4. The van der Waals surface area contributed by atoms with Gasteiger partial charge in [0.2, 0.25) is 6.41 Å². The summed E-state index contributed by atoms with van der Waals surface area (Å²) in [6.07, 6.45) is 1.69. The molecule has 0 saturated heterocycles. The van der Waals surface area contributed by atoms with Gasteiger partial charge in [0.1, 0.15) is 5.02 Å². The van der Waals surface area contributed by atoms with E-state index in [1.807, 2.05) is 0 Å². The van der Waals surface area contributed by atoms with Gasteiger partial charge in [0, 0.05) is 6.54 Å². The molecule has 5 heteroatoms. The van der Waals surface area contributed by atoms with Gasteiger partial charge >= 0.3 is 0 Å². The van der Waals surface area contributed by atoms with E-state index in [-0.39, 0.29) is 0 Å². The van der Waals surface area contributed by atoms with E-state index in [2.05, 4.69) is 13.8 Å². The number of anilines is 1. The highest BCUT2D eigenvalue weighted by molar-refractivity contribution is 6.35. The van der Waals surface area contributed by atoms with Crippen molar-refractivity contribution in [2.45, 2.75) is 20.3 Å². The van der Waals surface area contributed by atoms with Crippen molar-refractivity contribution in [3.8, 4) is 11.5 Å². The monoisotopic (exact) mass is 285 g/mol. The Morgan fingerprint density at radius 3 is 2.47 bits per heavy atom. The van der Waals surface area contributed by atoms with Crippen molar-refractivity contribution in [3.05, 3.63) is 17.2 Å². The smallest absolute Gasteiger partial charge is 0.214 e. The Morgan fingerprint density at radius 2 is 2.00 bits per heavy atom. The van der Waals surface area contributed by atoms with Crippen LogP contribution in [-0.2, 0) is 4.79 Å². The molecule has 0 unspecified atom stereocenters. The topological polar surface area (TPSA) is 38.8 Å². The van der Waals surface area contributed by atoms with Gasteiger partial charge in [-0.3, -0.25) is 4.79 Å². The fraction of sp³-hybridized carbons (Fsp3) is 0.500. The number of ether oxygens (including phenoxy) is 2. The second-order valence-electron chi connectivity index (χ2n) is 4.62. The molecule has 0 N–H and O–H groups in total. The molecule has 4 nitrogen and oxygen atoms in total. The summed E-state index contributed by atoms with van der Waals surface area (Å²) in [5, 5.41) is 0.387. The second kappa shape index (κ2) is 7.24. The van der Waals surface area contributed by atoms with Crippen LogP contribution in [0, 0.1) is 5.92 Å². The Hall–Kier alpha value is -1.42. The number of hydrogen-bond acceptors (Lipinski definition) is 3. The average Bonchev–Trinajstić information content (AvgIpc) is 2.40. The van der Waals surface area contributed by atoms with Crippen LogP contribution in [0.4, 0.5) is 5.69 Å². The first-order valence-electron chi connectivity index (χ1n) is 6.17. The Labute approximate surface area is 119 Å². The lowest BCUT2D eigenvalue weighted by molar-refractivity contribution is -0.107. The maximum atomic E-state index is 11.2. The van der Waals surface area contributed by atoms with Gasteiger partial charge < -0.3 is 14.4 Å². The lowest BCUT2D eigenvalue weighted by atomic mass is 10.1. The van der Waals surface area contributed by atoms with E-state index in [0.29, 0.717) is 34.7 Å². The SMILES string of the molecule is COc1ccc(N(C=O)CCC(C)C)c(Cl)c1OC. The summed E-state index contributed by atoms with van der Waals surface area (Å²) in [4.78, 5) is 12.8. The van der Waals surface area contributed by atoms with Crippen molar-refractivity contribution in [1.82, 2.24) is 0 Å². The first-order valence-corrected chi connectivity index (χ1v) is 6.55. The zero-order valence-corrected chi connectivity index (χ0v) is 12.5. The second-order valence-corrected chi connectivity index (χ2v) is 4.99. The average molecular weight is 286 g/mol. The lowest BCUT2D eigenvalue weighted by Gasteiger charge is -2.21. The minimum absolute atomic E-state index is 0.387. The highest BCUT2D eigenvalue weighted by Gasteiger charge is 2.17. The van der Waals surface area contributed by atoms with Crippen molar-refractivity contribution in [1.29, 1.82) is 0 Å². The number of halogens is 1. The van der Waals surface area contributed by atoms with Crippen LogP contribution in [-0.4, -0.2) is 27.2 Å². The zero-order valence-electron chi connectivity index (χ0n) is 11.8. The number of methoxy groups -OCH3 is 2. The van der Waals surface area contributed by atoms with Gasteiger partial charge in [0.25, 0.3) is 0 Å². The maximum Gasteiger partial charge on any atom is 0.214 e. The molecule has 0 atom stereocenters. The van der Waals surface area contributed by atoms with Gasteiger partial charge in [-0.1, -0.05) is 25.4 Å². The van der Waals surface area contributed by atoms with Gasteiger partial charge in [0.05, 0.1) is 19.9 Å². The van der Waals surface area contributed by atoms with Gasteiger partial charge in [0.15, 0.2) is 11.5 Å². The van der Waals surface area contributed by atoms with E-state index in [4.69, 9.17) is 21.1 Å². The standard InChI is InChI=1S/C14H20ClNO3/c1-10(2)7-8-16(9-17)11-5-6-12(18-3)14(19-4)13(11)15/h5-6,9-10H,7-8H2,1-4H3. The molecule has 0 spiro atoms. The highest BCUT2D eigenvalue weighted by atomic mass is 35.5. The molecule has 19 heavy (non-hydrogen) atoms. The molecule has 0 saturated carbocycles. The van der Waals surface area contributed by atoms with Crippen LogP contribution >= 0.6 is 11.6 Å². The number of hydrogen-bond donors (Lipinski definition) is 0. The van der Waals surface area contributed by atoms with Crippen molar-refractivity contribution in [3.63, 3.8) is 0 Å². The molecule has 0 heterocycles. The third-order valence-corrected chi connectivity index (χ3v) is 3.21. The van der Waals surface area contributed by atoms with E-state index in [0.717, 1.165) is 12.8 Å². The number of carbonyl (C=O) groups excluding carboxylic acids is 1. The molecule has 1 rings (SSSR count). The van der Waals surface area contributed by atoms with E-state index in [9.17, 15) is 4.79 Å². The minimum Gasteiger partial charge on any atom is -0.493 e. The maximum absolute atomic E-state index is 11.2. The molecule has 0 aliphatic carbocycles. The van der Waals surface area contributed by atoms with Crippen molar-refractivity contribution in [2.75, 3.05) is 25.7 Å². The van der Waals surface area contributed by atoms with Crippen LogP contribution in [0.15, 0.2) is 12.1 Å². The fourth-order valence-corrected chi connectivity index (χ4v) is 2.07. The van der Waals surface area contributed by atoms with Gasteiger partial charge in [-0.15, -0.1) is 0 Å². The lowest BCUT2D eigenvalue weighted by Crippen LogP contribution is -2.23. The predicted molar refractivity (Wildman–Crippen MR) is 77.4 cm³/mol. The third kappa shape index (κ3) is 3.77. The van der Waals surface area contributed by atoms with Crippen molar-refractivity contribution >= 4 is 23.7 Å². The summed E-state index contributed by atoms with van der Waals surface area (Å²) in [5.41, 5.74) is 0.634. The van der Waals surface area contributed by atoms with Crippen LogP contribution in [0.25, 0.3) is 0 Å². The molecular formula is C14H20ClNO3. The molecule has 0 aliphatic heterocycles. The van der Waals surface area contributed by atoms with Crippen LogP contribution in [0.5, 0.6) is 11.5 Å². The molecule has 0 radical (unpaired) electrons. The summed E-state index contributed by atoms with van der Waals surface area (Å²) in [6.45, 7) is 4.84. The summed E-state index contributed by atoms with van der Waals surface area (Å²) in [5.74, 6) is 1.50. The number of nitrogens with zero attached hydrogens (tertiary/aromatic N) is 1. The predicted octanol–water partition coefficient (Wildman–Crippen LogP) is 3.37. The summed E-state index contributed by atoms with van der Waals surface area (Å²) in [7, 11) is 3.07. The number of benzene rings is 1. The number of rotatable bonds is 7. The van der Waals surface area contributed by atoms with Crippen molar-refractivity contribution in [2.24, 2.45) is 5.92 Å². The molecule has 1 aromatic carbocycles. The van der Waals surface area contributed by atoms with Gasteiger partial charge in [-0.2, -0.15) is 0 Å². The van der Waals surface area contributed by atoms with Crippen LogP contribution in [0.2, 0.25) is 5.02 Å². The molecule has 106 valence electrons. The third-order valence-electron chi connectivity index (χ3n) is 2.85. The first kappa shape index (κ1) is 15.6. The molecular weight excluding hydrogens is 266 g/mol. The molecule has 1 aromatic rings. The number of amides is 1. The minimum atomic E-state index is 0.387. The Kier molecular flexibility index (Phi) is 5.96. The quantitative estimate of drug-likeness (QED) is 0.721. The number of carbonyl (C=O) groups is 1. The van der Waals surface area contributed by atoms with E-state index in [1.54, 1.807) is 24.1 Å². The van der Waals surface area contributed by atoms with Gasteiger partial charge in [-0.05, 0) is 24.5 Å². The molecule has 0 bridgehead atoms. The van der Waals surface area contributed by atoms with Crippen LogP contribution in [0.1, 0.15) is 20.3 Å². The summed E-state index contributed by atoms with van der Waals surface area (Å²) in [6, 6.07) is 3.50. The van der Waals surface area contributed by atoms with Gasteiger partial charge in [-0.25, -0.2) is 0 Å². The van der Waals surface area contributed by atoms with E-state index in [1.165, 1.54) is 7.11 Å². The van der Waals surface area contributed by atoms with Crippen LogP contribution < -0.4 is 14.4 Å². The van der Waals surface area contributed by atoms with E-state index < -0.39 is 0 Å².